The molecule has 1 aliphatic carbocycles. The van der Waals surface area contributed by atoms with Crippen molar-refractivity contribution in [3.8, 4) is 6.07 Å². The van der Waals surface area contributed by atoms with Crippen molar-refractivity contribution in [2.75, 3.05) is 5.32 Å². The Morgan fingerprint density at radius 1 is 1.14 bits per heavy atom. The number of nitrogens with zero attached hydrogens (tertiary/aromatic N) is 1. The van der Waals surface area contributed by atoms with Crippen LogP contribution in [0, 0.1) is 11.3 Å². The lowest BCUT2D eigenvalue weighted by Gasteiger charge is -2.17. The molecule has 0 aliphatic heterocycles. The molecule has 0 aromatic heterocycles. The minimum atomic E-state index is 0.208. The van der Waals surface area contributed by atoms with Gasteiger partial charge in [-0.3, -0.25) is 0 Å². The first-order valence-corrected chi connectivity index (χ1v) is 7.63. The van der Waals surface area contributed by atoms with Crippen LogP contribution in [0.1, 0.15) is 41.6 Å². The highest BCUT2D eigenvalue weighted by atomic mass is 35.5. The van der Waals surface area contributed by atoms with Crippen LogP contribution >= 0.6 is 11.6 Å². The van der Waals surface area contributed by atoms with Crippen molar-refractivity contribution in [1.29, 1.82) is 5.26 Å². The summed E-state index contributed by atoms with van der Waals surface area (Å²) < 4.78 is 0. The van der Waals surface area contributed by atoms with E-state index in [2.05, 4.69) is 36.5 Å². The monoisotopic (exact) mass is 296 g/mol. The van der Waals surface area contributed by atoms with Crippen LogP contribution in [-0.4, -0.2) is 0 Å². The van der Waals surface area contributed by atoms with Gasteiger partial charge in [0.05, 0.1) is 10.6 Å². The number of rotatable bonds is 3. The molecule has 2 aromatic carbocycles. The molecule has 1 atom stereocenters. The molecule has 0 saturated heterocycles. The zero-order valence-electron chi connectivity index (χ0n) is 12.0. The van der Waals surface area contributed by atoms with E-state index in [-0.39, 0.29) is 6.04 Å². The Kier molecular flexibility index (Phi) is 3.86. The van der Waals surface area contributed by atoms with Crippen molar-refractivity contribution in [1.82, 2.24) is 0 Å². The van der Waals surface area contributed by atoms with Crippen molar-refractivity contribution in [2.45, 2.75) is 32.2 Å². The van der Waals surface area contributed by atoms with Crippen molar-refractivity contribution < 1.29 is 0 Å². The van der Waals surface area contributed by atoms with Gasteiger partial charge in [0.2, 0.25) is 0 Å². The van der Waals surface area contributed by atoms with E-state index in [9.17, 15) is 0 Å². The average Bonchev–Trinajstić information content (AvgIpc) is 2.94. The molecule has 0 saturated carbocycles. The molecule has 2 aromatic rings. The number of halogens is 1. The number of nitrogens with one attached hydrogen (secondary N) is 1. The predicted octanol–water partition coefficient (Wildman–Crippen LogP) is 4.87. The van der Waals surface area contributed by atoms with Crippen LogP contribution in [0.5, 0.6) is 0 Å². The number of nitriles is 1. The Morgan fingerprint density at radius 2 is 1.95 bits per heavy atom. The smallest absolute Gasteiger partial charge is 0.101 e. The number of benzene rings is 2. The summed E-state index contributed by atoms with van der Waals surface area (Å²) in [7, 11) is 0. The summed E-state index contributed by atoms with van der Waals surface area (Å²) in [5, 5.41) is 12.8. The van der Waals surface area contributed by atoms with Crippen molar-refractivity contribution >= 4 is 17.3 Å². The third kappa shape index (κ3) is 2.89. The first-order valence-electron chi connectivity index (χ1n) is 7.25. The molecule has 3 rings (SSSR count). The molecule has 1 N–H and O–H groups in total. The van der Waals surface area contributed by atoms with Gasteiger partial charge in [-0.25, -0.2) is 0 Å². The highest BCUT2D eigenvalue weighted by Gasteiger charge is 2.13. The van der Waals surface area contributed by atoms with Crippen molar-refractivity contribution in [3.63, 3.8) is 0 Å². The summed E-state index contributed by atoms with van der Waals surface area (Å²) in [5.41, 5.74) is 5.71. The summed E-state index contributed by atoms with van der Waals surface area (Å²) in [6.07, 6.45) is 3.67. The Labute approximate surface area is 130 Å². The Bertz CT molecular complexity index is 716. The number of fused-ring (bicyclic) bond motifs is 1. The van der Waals surface area contributed by atoms with E-state index in [0.717, 1.165) is 5.69 Å². The highest BCUT2D eigenvalue weighted by molar-refractivity contribution is 6.32. The maximum Gasteiger partial charge on any atom is 0.101 e. The summed E-state index contributed by atoms with van der Waals surface area (Å²) >= 11 is 6.07. The van der Waals surface area contributed by atoms with E-state index < -0.39 is 0 Å². The lowest BCUT2D eigenvalue weighted by molar-refractivity contribution is 0.879. The zero-order valence-corrected chi connectivity index (χ0v) is 12.7. The van der Waals surface area contributed by atoms with E-state index in [1.54, 1.807) is 6.07 Å². The second-order valence-electron chi connectivity index (χ2n) is 5.55. The van der Waals surface area contributed by atoms with Gasteiger partial charge in [-0.15, -0.1) is 0 Å². The van der Waals surface area contributed by atoms with E-state index in [4.69, 9.17) is 16.9 Å². The highest BCUT2D eigenvalue weighted by Crippen LogP contribution is 2.28. The summed E-state index contributed by atoms with van der Waals surface area (Å²) in [6.45, 7) is 2.14. The maximum absolute atomic E-state index is 8.90. The third-order valence-corrected chi connectivity index (χ3v) is 4.41. The van der Waals surface area contributed by atoms with Crippen molar-refractivity contribution in [3.05, 3.63) is 63.7 Å². The third-order valence-electron chi connectivity index (χ3n) is 4.10. The molecular formula is C18H17ClN2. The molecule has 0 fully saturated rings. The first kappa shape index (κ1) is 14.0. The number of anilines is 1. The van der Waals surface area contributed by atoms with Gasteiger partial charge in [-0.2, -0.15) is 5.26 Å². The minimum absolute atomic E-state index is 0.208. The van der Waals surface area contributed by atoms with Gasteiger partial charge in [0.1, 0.15) is 6.07 Å². The lowest BCUT2D eigenvalue weighted by Crippen LogP contribution is -2.07. The van der Waals surface area contributed by atoms with Crippen LogP contribution in [0.15, 0.2) is 36.4 Å². The molecule has 0 heterocycles. The number of aryl methyl sites for hydroxylation is 2. The van der Waals surface area contributed by atoms with E-state index in [0.29, 0.717) is 10.6 Å². The van der Waals surface area contributed by atoms with E-state index in [1.807, 2.05) is 12.1 Å². The molecule has 0 amide bonds. The normalized spacial score (nSPS) is 14.3. The largest absolute Gasteiger partial charge is 0.378 e. The van der Waals surface area contributed by atoms with Crippen LogP contribution < -0.4 is 5.32 Å². The Hall–Kier alpha value is -1.98. The predicted molar refractivity (Wildman–Crippen MR) is 86.7 cm³/mol. The molecule has 3 heteroatoms. The Balaban J connectivity index is 1.78. The van der Waals surface area contributed by atoms with Gasteiger partial charge in [0.15, 0.2) is 0 Å². The number of hydrogen-bond acceptors (Lipinski definition) is 2. The SMILES string of the molecule is CC(Nc1ccc(C#N)c(Cl)c1)c1ccc2c(c1)CCC2. The standard InChI is InChI=1S/C18H17ClN2/c1-12(14-6-5-13-3-2-4-15(13)9-14)21-17-8-7-16(11-20)18(19)10-17/h5-10,12,21H,2-4H2,1H3. The summed E-state index contributed by atoms with van der Waals surface area (Å²) in [5.74, 6) is 0. The molecule has 0 spiro atoms. The van der Waals surface area contributed by atoms with Crippen LogP contribution in [0.3, 0.4) is 0 Å². The van der Waals surface area contributed by atoms with Gasteiger partial charge in [-0.1, -0.05) is 29.8 Å². The van der Waals surface area contributed by atoms with Crippen molar-refractivity contribution in [2.24, 2.45) is 0 Å². The molecule has 0 bridgehead atoms. The zero-order chi connectivity index (χ0) is 14.8. The molecule has 21 heavy (non-hydrogen) atoms. The van der Waals surface area contributed by atoms with Gasteiger partial charge >= 0.3 is 0 Å². The second-order valence-corrected chi connectivity index (χ2v) is 5.96. The van der Waals surface area contributed by atoms with Gasteiger partial charge in [0, 0.05) is 11.7 Å². The van der Waals surface area contributed by atoms with E-state index >= 15 is 0 Å². The number of hydrogen-bond donors (Lipinski definition) is 1. The maximum atomic E-state index is 8.90. The summed E-state index contributed by atoms with van der Waals surface area (Å²) in [4.78, 5) is 0. The quantitative estimate of drug-likeness (QED) is 0.877. The fraction of sp³-hybridized carbons (Fsp3) is 0.278. The average molecular weight is 297 g/mol. The molecule has 1 aliphatic rings. The lowest BCUT2D eigenvalue weighted by atomic mass is 10.0. The fourth-order valence-electron chi connectivity index (χ4n) is 2.89. The molecule has 106 valence electrons. The van der Waals surface area contributed by atoms with Gasteiger partial charge in [0.25, 0.3) is 0 Å². The first-order chi connectivity index (χ1) is 10.2. The van der Waals surface area contributed by atoms with Gasteiger partial charge in [-0.05, 0) is 61.1 Å². The molecular weight excluding hydrogens is 280 g/mol. The fourth-order valence-corrected chi connectivity index (χ4v) is 3.11. The van der Waals surface area contributed by atoms with Crippen LogP contribution in [0.2, 0.25) is 5.02 Å². The molecule has 1 unspecified atom stereocenters. The molecule has 0 radical (unpaired) electrons. The Morgan fingerprint density at radius 3 is 2.71 bits per heavy atom. The van der Waals surface area contributed by atoms with E-state index in [1.165, 1.54) is 36.0 Å². The van der Waals surface area contributed by atoms with Crippen LogP contribution in [0.25, 0.3) is 0 Å². The minimum Gasteiger partial charge on any atom is -0.378 e. The topological polar surface area (TPSA) is 35.8 Å². The second kappa shape index (κ2) is 5.79. The summed E-state index contributed by atoms with van der Waals surface area (Å²) in [6, 6.07) is 14.5. The van der Waals surface area contributed by atoms with Crippen LogP contribution in [0.4, 0.5) is 5.69 Å². The van der Waals surface area contributed by atoms with Gasteiger partial charge < -0.3 is 5.32 Å². The van der Waals surface area contributed by atoms with Crippen LogP contribution in [-0.2, 0) is 12.8 Å². The molecule has 2 nitrogen and oxygen atoms in total.